The maximum Gasteiger partial charge on any atom is 0.152 e. The molecular formula is C11H13N3O2. The normalized spacial score (nSPS) is 12.7. The second kappa shape index (κ2) is 4.42. The summed E-state index contributed by atoms with van der Waals surface area (Å²) < 4.78 is 5.44. The molecule has 2 aromatic rings. The number of aromatic nitrogens is 2. The van der Waals surface area contributed by atoms with Crippen LogP contribution in [-0.2, 0) is 0 Å². The summed E-state index contributed by atoms with van der Waals surface area (Å²) in [6, 6.07) is 4.89. The summed E-state index contributed by atoms with van der Waals surface area (Å²) in [4.78, 5) is 8.24. The van der Waals surface area contributed by atoms with Crippen LogP contribution in [0.25, 0.3) is 11.5 Å². The highest BCUT2D eigenvalue weighted by molar-refractivity contribution is 5.51. The molecule has 0 fully saturated rings. The minimum Gasteiger partial charge on any atom is -0.460 e. The zero-order valence-electron chi connectivity index (χ0n) is 8.92. The lowest BCUT2D eigenvalue weighted by Gasteiger charge is -2.06. The molecule has 5 heteroatoms. The lowest BCUT2D eigenvalue weighted by Crippen LogP contribution is -2.17. The molecule has 0 aliphatic carbocycles. The van der Waals surface area contributed by atoms with Crippen molar-refractivity contribution in [3.8, 4) is 11.5 Å². The summed E-state index contributed by atoms with van der Waals surface area (Å²) >= 11 is 0. The molecule has 2 heterocycles. The lowest BCUT2D eigenvalue weighted by molar-refractivity contribution is 0.263. The summed E-state index contributed by atoms with van der Waals surface area (Å²) in [6.07, 6.45) is 1.60. The molecule has 0 spiro atoms. The van der Waals surface area contributed by atoms with Crippen molar-refractivity contribution in [1.29, 1.82) is 0 Å². The molecule has 0 saturated heterocycles. The average Bonchev–Trinajstić information content (AvgIpc) is 2.75. The largest absolute Gasteiger partial charge is 0.460 e. The van der Waals surface area contributed by atoms with E-state index in [0.29, 0.717) is 17.3 Å². The smallest absolute Gasteiger partial charge is 0.152 e. The van der Waals surface area contributed by atoms with Crippen LogP contribution < -0.4 is 5.73 Å². The molecule has 0 bridgehead atoms. The number of aryl methyl sites for hydroxylation is 1. The molecule has 0 aliphatic heterocycles. The van der Waals surface area contributed by atoms with Gasteiger partial charge < -0.3 is 15.3 Å². The molecule has 0 aromatic carbocycles. The van der Waals surface area contributed by atoms with Crippen molar-refractivity contribution >= 4 is 0 Å². The zero-order chi connectivity index (χ0) is 11.5. The Morgan fingerprint density at radius 3 is 2.88 bits per heavy atom. The van der Waals surface area contributed by atoms with Gasteiger partial charge in [-0.15, -0.1) is 0 Å². The second-order valence-corrected chi connectivity index (χ2v) is 3.50. The van der Waals surface area contributed by atoms with E-state index >= 15 is 0 Å². The number of furan rings is 1. The van der Waals surface area contributed by atoms with Crippen LogP contribution in [0.1, 0.15) is 17.6 Å². The van der Waals surface area contributed by atoms with E-state index < -0.39 is 6.04 Å². The standard InChI is InChI=1S/C11H13N3O2/c1-7-2-3-10(16-7)9-4-5-13-11(14-9)8(12)6-15/h2-5,8,15H,6,12H2,1H3. The van der Waals surface area contributed by atoms with Crippen LogP contribution in [0, 0.1) is 6.92 Å². The second-order valence-electron chi connectivity index (χ2n) is 3.50. The van der Waals surface area contributed by atoms with Crippen LogP contribution in [0.15, 0.2) is 28.8 Å². The third-order valence-electron chi connectivity index (χ3n) is 2.20. The van der Waals surface area contributed by atoms with E-state index in [9.17, 15) is 0 Å². The van der Waals surface area contributed by atoms with E-state index in [0.717, 1.165) is 5.76 Å². The van der Waals surface area contributed by atoms with Gasteiger partial charge in [0, 0.05) is 6.20 Å². The molecule has 0 radical (unpaired) electrons. The Hall–Kier alpha value is -1.72. The Labute approximate surface area is 93.0 Å². The van der Waals surface area contributed by atoms with Gasteiger partial charge in [0.25, 0.3) is 0 Å². The van der Waals surface area contributed by atoms with Gasteiger partial charge in [-0.2, -0.15) is 0 Å². The number of nitrogens with two attached hydrogens (primary N) is 1. The van der Waals surface area contributed by atoms with Crippen LogP contribution in [0.5, 0.6) is 0 Å². The maximum atomic E-state index is 8.93. The molecule has 5 nitrogen and oxygen atoms in total. The molecule has 84 valence electrons. The third kappa shape index (κ3) is 2.10. The van der Waals surface area contributed by atoms with Gasteiger partial charge in [-0.05, 0) is 25.1 Å². The van der Waals surface area contributed by atoms with Crippen molar-refractivity contribution in [2.45, 2.75) is 13.0 Å². The summed E-state index contributed by atoms with van der Waals surface area (Å²) in [5.41, 5.74) is 6.31. The first-order valence-electron chi connectivity index (χ1n) is 4.97. The van der Waals surface area contributed by atoms with Crippen molar-refractivity contribution in [2.24, 2.45) is 5.73 Å². The first-order valence-corrected chi connectivity index (χ1v) is 4.97. The van der Waals surface area contributed by atoms with Gasteiger partial charge in [-0.1, -0.05) is 0 Å². The van der Waals surface area contributed by atoms with E-state index in [1.54, 1.807) is 12.3 Å². The number of rotatable bonds is 3. The highest BCUT2D eigenvalue weighted by Crippen LogP contribution is 2.20. The number of hydrogen-bond acceptors (Lipinski definition) is 5. The molecule has 2 aromatic heterocycles. The van der Waals surface area contributed by atoms with Gasteiger partial charge in [0.15, 0.2) is 5.76 Å². The molecule has 16 heavy (non-hydrogen) atoms. The number of nitrogens with zero attached hydrogens (tertiary/aromatic N) is 2. The van der Waals surface area contributed by atoms with Crippen molar-refractivity contribution < 1.29 is 9.52 Å². The fourth-order valence-corrected chi connectivity index (χ4v) is 1.34. The van der Waals surface area contributed by atoms with Crippen molar-refractivity contribution in [1.82, 2.24) is 9.97 Å². The third-order valence-corrected chi connectivity index (χ3v) is 2.20. The highest BCUT2D eigenvalue weighted by Gasteiger charge is 2.10. The summed E-state index contributed by atoms with van der Waals surface area (Å²) in [5, 5.41) is 8.93. The summed E-state index contributed by atoms with van der Waals surface area (Å²) in [5.74, 6) is 1.90. The Kier molecular flexibility index (Phi) is 2.98. The molecule has 2 rings (SSSR count). The average molecular weight is 219 g/mol. The van der Waals surface area contributed by atoms with E-state index in [-0.39, 0.29) is 6.61 Å². The molecule has 1 unspecified atom stereocenters. The molecule has 3 N–H and O–H groups in total. The van der Waals surface area contributed by atoms with E-state index in [4.69, 9.17) is 15.3 Å². The van der Waals surface area contributed by atoms with Crippen LogP contribution in [0.4, 0.5) is 0 Å². The minimum absolute atomic E-state index is 0.180. The van der Waals surface area contributed by atoms with Crippen LogP contribution in [-0.4, -0.2) is 21.7 Å². The van der Waals surface area contributed by atoms with Crippen LogP contribution >= 0.6 is 0 Å². The van der Waals surface area contributed by atoms with Crippen LogP contribution in [0.3, 0.4) is 0 Å². The zero-order valence-corrected chi connectivity index (χ0v) is 8.92. The van der Waals surface area contributed by atoms with Gasteiger partial charge in [0.2, 0.25) is 0 Å². The Morgan fingerprint density at radius 2 is 2.25 bits per heavy atom. The lowest BCUT2D eigenvalue weighted by atomic mass is 10.2. The Morgan fingerprint density at radius 1 is 1.44 bits per heavy atom. The van der Waals surface area contributed by atoms with E-state index in [1.165, 1.54) is 0 Å². The summed E-state index contributed by atoms with van der Waals surface area (Å²) in [6.45, 7) is 1.69. The molecule has 0 saturated carbocycles. The predicted molar refractivity (Wildman–Crippen MR) is 58.5 cm³/mol. The van der Waals surface area contributed by atoms with Gasteiger partial charge in [-0.3, -0.25) is 0 Å². The first-order chi connectivity index (χ1) is 7.70. The van der Waals surface area contributed by atoms with Crippen molar-refractivity contribution in [3.63, 3.8) is 0 Å². The Bertz CT molecular complexity index is 482. The number of aliphatic hydroxyl groups excluding tert-OH is 1. The number of aliphatic hydroxyl groups is 1. The molecule has 1 atom stereocenters. The topological polar surface area (TPSA) is 85.2 Å². The van der Waals surface area contributed by atoms with E-state index in [1.807, 2.05) is 19.1 Å². The predicted octanol–water partition coefficient (Wildman–Crippen LogP) is 1.04. The molecular weight excluding hydrogens is 206 g/mol. The van der Waals surface area contributed by atoms with Crippen molar-refractivity contribution in [2.75, 3.05) is 6.61 Å². The molecule has 0 aliphatic rings. The quantitative estimate of drug-likeness (QED) is 0.805. The van der Waals surface area contributed by atoms with Gasteiger partial charge in [0.05, 0.1) is 12.6 Å². The fourth-order valence-electron chi connectivity index (χ4n) is 1.34. The van der Waals surface area contributed by atoms with Crippen LogP contribution in [0.2, 0.25) is 0 Å². The highest BCUT2D eigenvalue weighted by atomic mass is 16.3. The Balaban J connectivity index is 2.36. The fraction of sp³-hybridized carbons (Fsp3) is 0.273. The van der Waals surface area contributed by atoms with Gasteiger partial charge in [-0.25, -0.2) is 9.97 Å². The van der Waals surface area contributed by atoms with Crippen molar-refractivity contribution in [3.05, 3.63) is 36.0 Å². The molecule has 0 amide bonds. The summed E-state index contributed by atoms with van der Waals surface area (Å²) in [7, 11) is 0. The SMILES string of the molecule is Cc1ccc(-c2ccnc(C(N)CO)n2)o1. The van der Waals surface area contributed by atoms with E-state index in [2.05, 4.69) is 9.97 Å². The monoisotopic (exact) mass is 219 g/mol. The minimum atomic E-state index is -0.559. The number of hydrogen-bond donors (Lipinski definition) is 2. The van der Waals surface area contributed by atoms with Gasteiger partial charge in [0.1, 0.15) is 17.3 Å². The van der Waals surface area contributed by atoms with Gasteiger partial charge >= 0.3 is 0 Å². The maximum absolute atomic E-state index is 8.93. The first kappa shape index (κ1) is 10.8.